The minimum absolute atomic E-state index is 0.187. The van der Waals surface area contributed by atoms with E-state index in [4.69, 9.17) is 0 Å². The topological polar surface area (TPSA) is 15.3 Å². The number of hydrogen-bond donors (Lipinski definition) is 1. The van der Waals surface area contributed by atoms with E-state index in [9.17, 15) is 4.39 Å². The van der Waals surface area contributed by atoms with Crippen LogP contribution in [0.2, 0.25) is 0 Å². The zero-order valence-corrected chi connectivity index (χ0v) is 13.0. The maximum Gasteiger partial charge on any atom is 0.137 e. The van der Waals surface area contributed by atoms with E-state index in [1.165, 1.54) is 18.4 Å². The highest BCUT2D eigenvalue weighted by atomic mass is 79.9. The van der Waals surface area contributed by atoms with Crippen molar-refractivity contribution in [3.63, 3.8) is 0 Å². The van der Waals surface area contributed by atoms with Crippen molar-refractivity contribution in [2.24, 2.45) is 0 Å². The molecule has 2 nitrogen and oxygen atoms in total. The summed E-state index contributed by atoms with van der Waals surface area (Å²) >= 11 is 3.27. The predicted molar refractivity (Wildman–Crippen MR) is 80.7 cm³/mol. The fourth-order valence-corrected chi connectivity index (χ4v) is 3.15. The molecule has 1 N–H and O–H groups in total. The summed E-state index contributed by atoms with van der Waals surface area (Å²) < 4.78 is 13.8. The van der Waals surface area contributed by atoms with Crippen molar-refractivity contribution in [1.82, 2.24) is 10.2 Å². The van der Waals surface area contributed by atoms with Crippen LogP contribution in [-0.4, -0.2) is 30.6 Å². The molecule has 0 spiro atoms. The van der Waals surface area contributed by atoms with Gasteiger partial charge in [-0.05, 0) is 72.5 Å². The molecule has 19 heavy (non-hydrogen) atoms. The number of nitrogens with one attached hydrogen (secondary N) is 1. The fraction of sp³-hybridized carbons (Fsp3) is 0.600. The monoisotopic (exact) mass is 328 g/mol. The Morgan fingerprint density at radius 2 is 2.11 bits per heavy atom. The average molecular weight is 329 g/mol. The van der Waals surface area contributed by atoms with Gasteiger partial charge in [-0.1, -0.05) is 13.0 Å². The van der Waals surface area contributed by atoms with Crippen LogP contribution < -0.4 is 5.32 Å². The number of piperidine rings is 1. The molecule has 2 rings (SSSR count). The van der Waals surface area contributed by atoms with Crippen LogP contribution in [0, 0.1) is 5.82 Å². The zero-order valence-electron chi connectivity index (χ0n) is 11.5. The first kappa shape index (κ1) is 14.9. The van der Waals surface area contributed by atoms with Crippen LogP contribution in [0.1, 0.15) is 31.7 Å². The van der Waals surface area contributed by atoms with E-state index in [1.54, 1.807) is 6.07 Å². The quantitative estimate of drug-likeness (QED) is 0.889. The van der Waals surface area contributed by atoms with E-state index >= 15 is 0 Å². The summed E-state index contributed by atoms with van der Waals surface area (Å²) in [6, 6.07) is 6.00. The molecule has 1 heterocycles. The Kier molecular flexibility index (Phi) is 5.79. The van der Waals surface area contributed by atoms with Gasteiger partial charge in [0.2, 0.25) is 0 Å². The van der Waals surface area contributed by atoms with Gasteiger partial charge in [-0.15, -0.1) is 0 Å². The summed E-state index contributed by atoms with van der Waals surface area (Å²) in [5.74, 6) is -0.187. The lowest BCUT2D eigenvalue weighted by Crippen LogP contribution is -2.43. The predicted octanol–water partition coefficient (Wildman–Crippen LogP) is 3.55. The minimum Gasteiger partial charge on any atom is -0.317 e. The van der Waals surface area contributed by atoms with Gasteiger partial charge in [0.25, 0.3) is 0 Å². The lowest BCUT2D eigenvalue weighted by Gasteiger charge is -2.34. The normalized spacial score (nSPS) is 17.1. The van der Waals surface area contributed by atoms with Crippen molar-refractivity contribution in [3.8, 4) is 0 Å². The van der Waals surface area contributed by atoms with Gasteiger partial charge in [0.15, 0.2) is 0 Å². The summed E-state index contributed by atoms with van der Waals surface area (Å²) in [5, 5.41) is 3.41. The fourth-order valence-electron chi connectivity index (χ4n) is 2.72. The molecule has 1 aromatic carbocycles. The van der Waals surface area contributed by atoms with Crippen molar-refractivity contribution in [1.29, 1.82) is 0 Å². The van der Waals surface area contributed by atoms with Crippen molar-refractivity contribution >= 4 is 15.9 Å². The van der Waals surface area contributed by atoms with Crippen LogP contribution >= 0.6 is 15.9 Å². The molecule has 0 aliphatic carbocycles. The Labute approximate surface area is 123 Å². The Balaban J connectivity index is 2.04. The SMILES string of the molecule is CCCN(Cc1ccc(F)c(Br)c1)C1CCNCC1. The first-order valence-corrected chi connectivity index (χ1v) is 7.88. The Morgan fingerprint density at radius 3 is 2.74 bits per heavy atom. The highest BCUT2D eigenvalue weighted by Gasteiger charge is 2.20. The van der Waals surface area contributed by atoms with Crippen molar-refractivity contribution in [2.45, 2.75) is 38.8 Å². The molecule has 1 aromatic rings. The number of benzene rings is 1. The van der Waals surface area contributed by atoms with Gasteiger partial charge in [-0.3, -0.25) is 4.90 Å². The van der Waals surface area contributed by atoms with Gasteiger partial charge >= 0.3 is 0 Å². The van der Waals surface area contributed by atoms with E-state index in [0.29, 0.717) is 10.5 Å². The third-order valence-electron chi connectivity index (χ3n) is 3.71. The van der Waals surface area contributed by atoms with Crippen LogP contribution in [-0.2, 0) is 6.54 Å². The molecular weight excluding hydrogens is 307 g/mol. The Morgan fingerprint density at radius 1 is 1.37 bits per heavy atom. The smallest absolute Gasteiger partial charge is 0.137 e. The average Bonchev–Trinajstić information content (AvgIpc) is 2.43. The highest BCUT2D eigenvalue weighted by molar-refractivity contribution is 9.10. The molecular formula is C15H22BrFN2. The van der Waals surface area contributed by atoms with Gasteiger partial charge in [0.1, 0.15) is 5.82 Å². The first-order valence-electron chi connectivity index (χ1n) is 7.09. The Hall–Kier alpha value is -0.450. The molecule has 0 bridgehead atoms. The van der Waals surface area contributed by atoms with Gasteiger partial charge < -0.3 is 5.32 Å². The van der Waals surface area contributed by atoms with Crippen LogP contribution in [0.15, 0.2) is 22.7 Å². The van der Waals surface area contributed by atoms with Crippen molar-refractivity contribution in [3.05, 3.63) is 34.1 Å². The van der Waals surface area contributed by atoms with Gasteiger partial charge in [0, 0.05) is 12.6 Å². The summed E-state index contributed by atoms with van der Waals surface area (Å²) in [4.78, 5) is 2.54. The second kappa shape index (κ2) is 7.36. The number of hydrogen-bond acceptors (Lipinski definition) is 2. The molecule has 106 valence electrons. The molecule has 1 aliphatic heterocycles. The van der Waals surface area contributed by atoms with Crippen LogP contribution in [0.4, 0.5) is 4.39 Å². The van der Waals surface area contributed by atoms with Crippen LogP contribution in [0.25, 0.3) is 0 Å². The van der Waals surface area contributed by atoms with Crippen LogP contribution in [0.5, 0.6) is 0 Å². The van der Waals surface area contributed by atoms with Gasteiger partial charge in [-0.25, -0.2) is 4.39 Å². The lowest BCUT2D eigenvalue weighted by atomic mass is 10.0. The summed E-state index contributed by atoms with van der Waals surface area (Å²) in [6.45, 7) is 6.46. The van der Waals surface area contributed by atoms with Crippen molar-refractivity contribution < 1.29 is 4.39 Å². The van der Waals surface area contributed by atoms with Gasteiger partial charge in [-0.2, -0.15) is 0 Å². The summed E-state index contributed by atoms with van der Waals surface area (Å²) in [7, 11) is 0. The second-order valence-electron chi connectivity index (χ2n) is 5.20. The minimum atomic E-state index is -0.187. The maximum atomic E-state index is 13.3. The van der Waals surface area contributed by atoms with Crippen LogP contribution in [0.3, 0.4) is 0 Å². The molecule has 0 amide bonds. The zero-order chi connectivity index (χ0) is 13.7. The largest absolute Gasteiger partial charge is 0.317 e. The standard InChI is InChI=1S/C15H22BrFN2/c1-2-9-19(13-5-7-18-8-6-13)11-12-3-4-15(17)14(16)10-12/h3-4,10,13,18H,2,5-9,11H2,1H3. The molecule has 0 unspecified atom stereocenters. The van der Waals surface area contributed by atoms with E-state index in [1.807, 2.05) is 12.1 Å². The molecule has 4 heteroatoms. The summed E-state index contributed by atoms with van der Waals surface area (Å²) in [6.07, 6.45) is 3.58. The van der Waals surface area contributed by atoms with E-state index in [2.05, 4.69) is 33.1 Å². The molecule has 1 aliphatic rings. The molecule has 1 saturated heterocycles. The first-order chi connectivity index (χ1) is 9.20. The van der Waals surface area contributed by atoms with Gasteiger partial charge in [0.05, 0.1) is 4.47 Å². The van der Waals surface area contributed by atoms with Crippen molar-refractivity contribution in [2.75, 3.05) is 19.6 Å². The molecule has 0 atom stereocenters. The third-order valence-corrected chi connectivity index (χ3v) is 4.31. The maximum absolute atomic E-state index is 13.3. The second-order valence-corrected chi connectivity index (χ2v) is 6.05. The third kappa shape index (κ3) is 4.26. The molecule has 0 radical (unpaired) electrons. The van der Waals surface area contributed by atoms with E-state index < -0.39 is 0 Å². The van der Waals surface area contributed by atoms with E-state index in [-0.39, 0.29) is 5.82 Å². The summed E-state index contributed by atoms with van der Waals surface area (Å²) in [5.41, 5.74) is 1.18. The van der Waals surface area contributed by atoms with E-state index in [0.717, 1.165) is 32.6 Å². The molecule has 1 fully saturated rings. The Bertz CT molecular complexity index is 405. The number of nitrogens with zero attached hydrogens (tertiary/aromatic N) is 1. The number of rotatable bonds is 5. The highest BCUT2D eigenvalue weighted by Crippen LogP contribution is 2.20. The molecule has 0 aromatic heterocycles. The number of halogens is 2. The molecule has 0 saturated carbocycles. The lowest BCUT2D eigenvalue weighted by molar-refractivity contribution is 0.154.